The van der Waals surface area contributed by atoms with Gasteiger partial charge in [-0.3, -0.25) is 9.59 Å². The zero-order valence-corrected chi connectivity index (χ0v) is 11.8. The van der Waals surface area contributed by atoms with Crippen LogP contribution in [0.15, 0.2) is 10.6 Å². The van der Waals surface area contributed by atoms with E-state index in [1.165, 1.54) is 6.07 Å². The Kier molecular flexibility index (Phi) is 5.28. The van der Waals surface area contributed by atoms with Gasteiger partial charge in [-0.25, -0.2) is 4.79 Å². The SMILES string of the molecule is CC(C)(CCNC(=O)NCc1cc(C(N)=O)no1)C(=O)O. The Morgan fingerprint density at radius 3 is 2.57 bits per heavy atom. The summed E-state index contributed by atoms with van der Waals surface area (Å²) in [5.74, 6) is -1.36. The summed E-state index contributed by atoms with van der Waals surface area (Å²) in [6, 6.07) is 0.851. The van der Waals surface area contributed by atoms with Crippen molar-refractivity contribution in [3.05, 3.63) is 17.5 Å². The molecule has 0 atom stereocenters. The van der Waals surface area contributed by atoms with Crippen LogP contribution in [-0.2, 0) is 11.3 Å². The molecule has 0 aromatic carbocycles. The summed E-state index contributed by atoms with van der Waals surface area (Å²) in [5, 5.41) is 17.4. The molecule has 0 unspecified atom stereocenters. The van der Waals surface area contributed by atoms with Gasteiger partial charge in [-0.15, -0.1) is 0 Å². The van der Waals surface area contributed by atoms with Crippen molar-refractivity contribution >= 4 is 17.9 Å². The van der Waals surface area contributed by atoms with E-state index in [4.69, 9.17) is 15.4 Å². The normalized spacial score (nSPS) is 11.0. The summed E-state index contributed by atoms with van der Waals surface area (Å²) in [6.45, 7) is 3.41. The number of hydrogen-bond donors (Lipinski definition) is 4. The highest BCUT2D eigenvalue weighted by atomic mass is 16.5. The van der Waals surface area contributed by atoms with Gasteiger partial charge in [0.2, 0.25) is 0 Å². The minimum Gasteiger partial charge on any atom is -0.481 e. The predicted molar refractivity (Wildman–Crippen MR) is 71.3 cm³/mol. The number of primary amides is 1. The average molecular weight is 298 g/mol. The summed E-state index contributed by atoms with van der Waals surface area (Å²) in [5.41, 5.74) is 4.08. The lowest BCUT2D eigenvalue weighted by molar-refractivity contribution is -0.147. The van der Waals surface area contributed by atoms with E-state index in [1.807, 2.05) is 0 Å². The number of hydrogen-bond acceptors (Lipinski definition) is 5. The number of carboxylic acids is 1. The van der Waals surface area contributed by atoms with Gasteiger partial charge < -0.3 is 26.0 Å². The third kappa shape index (κ3) is 5.13. The first-order chi connectivity index (χ1) is 9.72. The van der Waals surface area contributed by atoms with Gasteiger partial charge in [0.1, 0.15) is 0 Å². The van der Waals surface area contributed by atoms with E-state index >= 15 is 0 Å². The number of carbonyl (C=O) groups is 3. The van der Waals surface area contributed by atoms with Gasteiger partial charge in [0.15, 0.2) is 11.5 Å². The van der Waals surface area contributed by atoms with E-state index in [9.17, 15) is 14.4 Å². The van der Waals surface area contributed by atoms with Crippen LogP contribution in [0.4, 0.5) is 4.79 Å². The Morgan fingerprint density at radius 1 is 1.38 bits per heavy atom. The van der Waals surface area contributed by atoms with E-state index in [2.05, 4.69) is 15.8 Å². The van der Waals surface area contributed by atoms with Gasteiger partial charge in [0.05, 0.1) is 12.0 Å². The maximum atomic E-state index is 11.5. The Morgan fingerprint density at radius 2 is 2.05 bits per heavy atom. The molecule has 116 valence electrons. The van der Waals surface area contributed by atoms with Crippen LogP contribution in [0.1, 0.15) is 36.5 Å². The molecule has 5 N–H and O–H groups in total. The zero-order chi connectivity index (χ0) is 16.0. The minimum atomic E-state index is -0.926. The Labute approximate surface area is 120 Å². The molecule has 0 saturated carbocycles. The molecule has 0 fully saturated rings. The molecule has 1 rings (SSSR count). The van der Waals surface area contributed by atoms with Crippen LogP contribution in [0.3, 0.4) is 0 Å². The van der Waals surface area contributed by atoms with Crippen molar-refractivity contribution in [2.75, 3.05) is 6.54 Å². The van der Waals surface area contributed by atoms with E-state index in [-0.39, 0.29) is 24.5 Å². The molecule has 9 nitrogen and oxygen atoms in total. The fraction of sp³-hybridized carbons (Fsp3) is 0.500. The number of carbonyl (C=O) groups excluding carboxylic acids is 2. The number of aliphatic carboxylic acids is 1. The second-order valence-electron chi connectivity index (χ2n) is 5.09. The number of nitrogens with zero attached hydrogens (tertiary/aromatic N) is 1. The number of carboxylic acid groups (broad SMARTS) is 1. The van der Waals surface area contributed by atoms with Crippen molar-refractivity contribution in [1.29, 1.82) is 0 Å². The van der Waals surface area contributed by atoms with Crippen LogP contribution >= 0.6 is 0 Å². The molecular weight excluding hydrogens is 280 g/mol. The van der Waals surface area contributed by atoms with Gasteiger partial charge in [0, 0.05) is 12.6 Å². The summed E-state index contributed by atoms with van der Waals surface area (Å²) in [6.07, 6.45) is 0.296. The lowest BCUT2D eigenvalue weighted by atomic mass is 9.90. The molecule has 0 spiro atoms. The number of amides is 3. The molecular formula is C12H18N4O5. The van der Waals surface area contributed by atoms with Crippen LogP contribution in [-0.4, -0.2) is 34.7 Å². The first-order valence-electron chi connectivity index (χ1n) is 6.23. The van der Waals surface area contributed by atoms with Crippen LogP contribution in [0, 0.1) is 5.41 Å². The lowest BCUT2D eigenvalue weighted by Crippen LogP contribution is -2.38. The van der Waals surface area contributed by atoms with Crippen molar-refractivity contribution < 1.29 is 24.0 Å². The minimum absolute atomic E-state index is 0.0181. The molecule has 1 aromatic rings. The van der Waals surface area contributed by atoms with E-state index in [1.54, 1.807) is 13.8 Å². The molecule has 3 amide bonds. The summed E-state index contributed by atoms with van der Waals surface area (Å²) in [7, 11) is 0. The van der Waals surface area contributed by atoms with Crippen molar-refractivity contribution in [3.63, 3.8) is 0 Å². The number of aromatic nitrogens is 1. The zero-order valence-electron chi connectivity index (χ0n) is 11.8. The Hall–Kier alpha value is -2.58. The number of rotatable bonds is 7. The van der Waals surface area contributed by atoms with Crippen LogP contribution in [0.25, 0.3) is 0 Å². The van der Waals surface area contributed by atoms with E-state index < -0.39 is 23.3 Å². The number of nitrogens with one attached hydrogen (secondary N) is 2. The fourth-order valence-electron chi connectivity index (χ4n) is 1.34. The van der Waals surface area contributed by atoms with Crippen molar-refractivity contribution in [3.8, 4) is 0 Å². The molecule has 0 aliphatic heterocycles. The largest absolute Gasteiger partial charge is 0.481 e. The Bertz CT molecular complexity index is 538. The standard InChI is InChI=1S/C12H18N4O5/c1-12(2,10(18)19)3-4-14-11(20)15-6-7-5-8(9(13)17)16-21-7/h5H,3-4,6H2,1-2H3,(H2,13,17)(H,18,19)(H2,14,15,20). The lowest BCUT2D eigenvalue weighted by Gasteiger charge is -2.18. The topological polar surface area (TPSA) is 148 Å². The van der Waals surface area contributed by atoms with Gasteiger partial charge in [-0.05, 0) is 20.3 Å². The van der Waals surface area contributed by atoms with Crippen molar-refractivity contribution in [2.24, 2.45) is 11.1 Å². The average Bonchev–Trinajstić information content (AvgIpc) is 2.85. The monoisotopic (exact) mass is 298 g/mol. The maximum absolute atomic E-state index is 11.5. The molecule has 0 saturated heterocycles. The molecule has 0 aliphatic rings. The van der Waals surface area contributed by atoms with Crippen LogP contribution in [0.2, 0.25) is 0 Å². The molecule has 1 heterocycles. The first kappa shape index (κ1) is 16.5. The maximum Gasteiger partial charge on any atom is 0.315 e. The van der Waals surface area contributed by atoms with Crippen LogP contribution in [0.5, 0.6) is 0 Å². The molecule has 9 heteroatoms. The van der Waals surface area contributed by atoms with Gasteiger partial charge >= 0.3 is 12.0 Å². The predicted octanol–water partition coefficient (Wildman–Crippen LogP) is 0.0736. The molecule has 0 bridgehead atoms. The van der Waals surface area contributed by atoms with Crippen molar-refractivity contribution in [2.45, 2.75) is 26.8 Å². The first-order valence-corrected chi connectivity index (χ1v) is 6.23. The third-order valence-corrected chi connectivity index (χ3v) is 2.85. The van der Waals surface area contributed by atoms with Crippen LogP contribution < -0.4 is 16.4 Å². The van der Waals surface area contributed by atoms with Crippen molar-refractivity contribution in [1.82, 2.24) is 15.8 Å². The molecule has 1 aromatic heterocycles. The second-order valence-corrected chi connectivity index (χ2v) is 5.09. The number of urea groups is 1. The van der Waals surface area contributed by atoms with E-state index in [0.717, 1.165) is 0 Å². The highest BCUT2D eigenvalue weighted by molar-refractivity contribution is 5.90. The smallest absolute Gasteiger partial charge is 0.315 e. The van der Waals surface area contributed by atoms with Gasteiger partial charge in [-0.1, -0.05) is 5.16 Å². The molecule has 0 aliphatic carbocycles. The number of nitrogens with two attached hydrogens (primary N) is 1. The molecule has 0 radical (unpaired) electrons. The van der Waals surface area contributed by atoms with Gasteiger partial charge in [0.25, 0.3) is 5.91 Å². The highest BCUT2D eigenvalue weighted by Crippen LogP contribution is 2.19. The summed E-state index contributed by atoms with van der Waals surface area (Å²) < 4.78 is 4.80. The Balaban J connectivity index is 2.31. The van der Waals surface area contributed by atoms with E-state index in [0.29, 0.717) is 6.42 Å². The summed E-state index contributed by atoms with van der Waals surface area (Å²) >= 11 is 0. The fourth-order valence-corrected chi connectivity index (χ4v) is 1.34. The quantitative estimate of drug-likeness (QED) is 0.560. The third-order valence-electron chi connectivity index (χ3n) is 2.85. The summed E-state index contributed by atoms with van der Waals surface area (Å²) in [4.78, 5) is 33.2. The second kappa shape index (κ2) is 6.73. The highest BCUT2D eigenvalue weighted by Gasteiger charge is 2.26. The molecule has 21 heavy (non-hydrogen) atoms. The van der Waals surface area contributed by atoms with Gasteiger partial charge in [-0.2, -0.15) is 0 Å².